The Labute approximate surface area is 247 Å². The number of aryl methyl sites for hydroxylation is 1. The smallest absolute Gasteiger partial charge is 0.252 e. The van der Waals surface area contributed by atoms with Gasteiger partial charge < -0.3 is 4.74 Å². The highest BCUT2D eigenvalue weighted by atomic mass is 32.2. The molecule has 2 unspecified atom stereocenters. The second-order valence-corrected chi connectivity index (χ2v) is 14.4. The number of hydrogen-bond acceptors (Lipinski definition) is 9. The lowest BCUT2D eigenvalue weighted by Gasteiger charge is -2.45. The zero-order valence-electron chi connectivity index (χ0n) is 23.6. The molecule has 3 aromatic rings. The highest BCUT2D eigenvalue weighted by molar-refractivity contribution is 7.92. The number of rotatable bonds is 7. The van der Waals surface area contributed by atoms with Crippen molar-refractivity contribution in [3.05, 3.63) is 71.6 Å². The largest absolute Gasteiger partial charge is 0.379 e. The second-order valence-electron chi connectivity index (χ2n) is 12.0. The summed E-state index contributed by atoms with van der Waals surface area (Å²) in [7, 11) is -3.28. The van der Waals surface area contributed by atoms with Crippen molar-refractivity contribution in [1.82, 2.24) is 24.7 Å². The maximum Gasteiger partial charge on any atom is 0.252 e. The molecule has 2 aromatic heterocycles. The van der Waals surface area contributed by atoms with Crippen molar-refractivity contribution < 1.29 is 21.9 Å². The summed E-state index contributed by atoms with van der Waals surface area (Å²) in [5.41, 5.74) is -0.406. The first-order valence-corrected chi connectivity index (χ1v) is 15.9. The van der Waals surface area contributed by atoms with Gasteiger partial charge in [-0.25, -0.2) is 32.2 Å². The SMILES string of the molecule is CC1(C)[C@H]2CC[C@]1(c1ccnc(-n3cnc(CCS(=O)(=O)C4COC4)n3)n1)C1C#CC2/C=C(/c2c(F)cccc2F)N=N1. The molecular formula is C30H29F2N7O3S. The number of sulfone groups is 1. The van der Waals surface area contributed by atoms with Gasteiger partial charge in [0, 0.05) is 18.5 Å². The first kappa shape index (κ1) is 27.9. The van der Waals surface area contributed by atoms with Gasteiger partial charge in [-0.05, 0) is 48.4 Å². The summed E-state index contributed by atoms with van der Waals surface area (Å²) in [6, 6.07) is 4.98. The Kier molecular flexibility index (Phi) is 6.55. The first-order chi connectivity index (χ1) is 20.6. The summed E-state index contributed by atoms with van der Waals surface area (Å²) in [6.07, 6.45) is 6.60. The van der Waals surface area contributed by atoms with Crippen molar-refractivity contribution in [3.8, 4) is 17.8 Å². The van der Waals surface area contributed by atoms with Crippen LogP contribution in [0.1, 0.15) is 43.8 Å². The van der Waals surface area contributed by atoms with Gasteiger partial charge >= 0.3 is 0 Å². The average Bonchev–Trinajstić information content (AvgIpc) is 3.48. The Morgan fingerprint density at radius 3 is 2.65 bits per heavy atom. The van der Waals surface area contributed by atoms with Gasteiger partial charge in [0.15, 0.2) is 15.7 Å². The van der Waals surface area contributed by atoms with Gasteiger partial charge in [-0.15, -0.1) is 5.10 Å². The fourth-order valence-corrected chi connectivity index (χ4v) is 8.44. The van der Waals surface area contributed by atoms with E-state index in [1.165, 1.54) is 29.2 Å². The molecule has 1 aromatic carbocycles. The Hall–Kier alpha value is -3.89. The minimum Gasteiger partial charge on any atom is -0.379 e. The molecule has 10 nitrogen and oxygen atoms in total. The van der Waals surface area contributed by atoms with Crippen LogP contribution in [0.5, 0.6) is 0 Å². The maximum atomic E-state index is 14.8. The second kappa shape index (κ2) is 10.1. The van der Waals surface area contributed by atoms with E-state index in [1.54, 1.807) is 12.3 Å². The lowest BCUT2D eigenvalue weighted by atomic mass is 9.59. The maximum absolute atomic E-state index is 14.8. The molecule has 0 radical (unpaired) electrons. The summed E-state index contributed by atoms with van der Waals surface area (Å²) >= 11 is 0. The van der Waals surface area contributed by atoms with E-state index >= 15 is 0 Å². The van der Waals surface area contributed by atoms with Crippen LogP contribution in [-0.4, -0.2) is 63.4 Å². The van der Waals surface area contributed by atoms with Crippen LogP contribution in [0.25, 0.3) is 11.6 Å². The van der Waals surface area contributed by atoms with E-state index in [4.69, 9.17) is 9.72 Å². The summed E-state index contributed by atoms with van der Waals surface area (Å²) in [5, 5.41) is 13.0. The Morgan fingerprint density at radius 2 is 1.91 bits per heavy atom. The predicted molar refractivity (Wildman–Crippen MR) is 151 cm³/mol. The van der Waals surface area contributed by atoms with Crippen LogP contribution in [0.3, 0.4) is 0 Å². The number of fused-ring (bicyclic) bond motifs is 6. The molecular weight excluding hydrogens is 576 g/mol. The molecule has 222 valence electrons. The van der Waals surface area contributed by atoms with Crippen LogP contribution >= 0.6 is 0 Å². The van der Waals surface area contributed by atoms with E-state index in [-0.39, 0.29) is 54.4 Å². The van der Waals surface area contributed by atoms with Crippen LogP contribution in [0.2, 0.25) is 0 Å². The fraction of sp³-hybridized carbons (Fsp3) is 0.467. The number of allylic oxidation sites excluding steroid dienone is 1. The number of nitrogens with zero attached hydrogens (tertiary/aromatic N) is 7. The highest BCUT2D eigenvalue weighted by Crippen LogP contribution is 2.63. The number of azo groups is 1. The van der Waals surface area contributed by atoms with Gasteiger partial charge in [0.25, 0.3) is 5.95 Å². The molecule has 0 N–H and O–H groups in total. The molecule has 4 heterocycles. The monoisotopic (exact) mass is 605 g/mol. The van der Waals surface area contributed by atoms with Gasteiger partial charge in [0.2, 0.25) is 0 Å². The molecule has 4 atom stereocenters. The van der Waals surface area contributed by atoms with Crippen molar-refractivity contribution in [2.75, 3.05) is 19.0 Å². The van der Waals surface area contributed by atoms with Crippen LogP contribution in [0, 0.1) is 40.7 Å². The molecule has 13 heteroatoms. The highest BCUT2D eigenvalue weighted by Gasteiger charge is 2.63. The normalized spacial score (nSPS) is 28.7. The van der Waals surface area contributed by atoms with Crippen molar-refractivity contribution in [2.45, 2.75) is 49.8 Å². The van der Waals surface area contributed by atoms with E-state index in [2.05, 4.69) is 51.0 Å². The van der Waals surface area contributed by atoms with Crippen molar-refractivity contribution in [2.24, 2.45) is 27.5 Å². The number of benzene rings is 1. The molecule has 2 fully saturated rings. The fourth-order valence-electron chi connectivity index (χ4n) is 7.03. The third kappa shape index (κ3) is 4.41. The van der Waals surface area contributed by atoms with E-state index in [1.807, 2.05) is 6.07 Å². The van der Waals surface area contributed by atoms with Crippen molar-refractivity contribution >= 4 is 15.5 Å². The molecule has 0 spiro atoms. The minimum atomic E-state index is -3.28. The minimum absolute atomic E-state index is 0.0535. The topological polar surface area (TPSA) is 125 Å². The lowest BCUT2D eigenvalue weighted by Crippen LogP contribution is -2.48. The Balaban J connectivity index is 1.23. The number of hydrogen-bond donors (Lipinski definition) is 0. The Morgan fingerprint density at radius 1 is 1.12 bits per heavy atom. The molecule has 1 saturated carbocycles. The van der Waals surface area contributed by atoms with Crippen molar-refractivity contribution in [3.63, 3.8) is 0 Å². The third-order valence-electron chi connectivity index (χ3n) is 9.62. The zero-order valence-corrected chi connectivity index (χ0v) is 24.4. The quantitative estimate of drug-likeness (QED) is 0.375. The van der Waals surface area contributed by atoms with Crippen LogP contribution in [-0.2, 0) is 26.4 Å². The third-order valence-corrected chi connectivity index (χ3v) is 11.7. The van der Waals surface area contributed by atoms with Crippen LogP contribution in [0.4, 0.5) is 8.78 Å². The molecule has 4 aliphatic rings. The zero-order chi connectivity index (χ0) is 30.0. The van der Waals surface area contributed by atoms with E-state index in [0.717, 1.165) is 12.8 Å². The number of ether oxygens (including phenoxy) is 1. The summed E-state index contributed by atoms with van der Waals surface area (Å²) in [6.45, 7) is 4.79. The average molecular weight is 606 g/mol. The number of halogens is 2. The number of aromatic nitrogens is 5. The molecule has 2 aliphatic heterocycles. The van der Waals surface area contributed by atoms with Gasteiger partial charge in [-0.3, -0.25) is 0 Å². The van der Waals surface area contributed by atoms with Crippen molar-refractivity contribution in [1.29, 1.82) is 0 Å². The van der Waals surface area contributed by atoms with E-state index < -0.39 is 43.6 Å². The van der Waals surface area contributed by atoms with E-state index in [0.29, 0.717) is 11.5 Å². The molecule has 2 aliphatic carbocycles. The van der Waals surface area contributed by atoms with Crippen LogP contribution in [0.15, 0.2) is 53.1 Å². The predicted octanol–water partition coefficient (Wildman–Crippen LogP) is 3.87. The molecule has 0 amide bonds. The summed E-state index contributed by atoms with van der Waals surface area (Å²) < 4.78 is 60.9. The van der Waals surface area contributed by atoms with Gasteiger partial charge in [-0.2, -0.15) is 14.9 Å². The van der Waals surface area contributed by atoms with Gasteiger partial charge in [0.05, 0.1) is 41.3 Å². The molecule has 7 rings (SSSR count). The van der Waals surface area contributed by atoms with Crippen LogP contribution < -0.4 is 0 Å². The molecule has 43 heavy (non-hydrogen) atoms. The van der Waals surface area contributed by atoms with Gasteiger partial charge in [0.1, 0.15) is 29.3 Å². The lowest BCUT2D eigenvalue weighted by molar-refractivity contribution is 0.0416. The van der Waals surface area contributed by atoms with Gasteiger partial charge in [-0.1, -0.05) is 31.8 Å². The summed E-state index contributed by atoms with van der Waals surface area (Å²) in [5.74, 6) is 5.63. The standard InChI is InChI=1S/C30H29F2N7O3S/c1-29(2)20-8-11-30(29,25-7-6-18(20)14-23(36-37-25)27-21(31)4-3-5-22(27)32)24-9-12-33-28(35-24)39-17-34-26(38-39)10-13-43(40,41)19-15-42-16-19/h3-5,9,12,14,17-20,25H,8,10-11,13,15-16H2,1-2H3/b23-14-,37-36?/t18?,20-,25?,30-/m0/s1. The first-order valence-electron chi connectivity index (χ1n) is 14.2. The summed E-state index contributed by atoms with van der Waals surface area (Å²) in [4.78, 5) is 13.7. The molecule has 4 bridgehead atoms. The molecule has 1 saturated heterocycles. The van der Waals surface area contributed by atoms with E-state index in [9.17, 15) is 17.2 Å². The Bertz CT molecular complexity index is 1820.